The van der Waals surface area contributed by atoms with Gasteiger partial charge in [0.1, 0.15) is 0 Å². The predicted octanol–water partition coefficient (Wildman–Crippen LogP) is 3.16. The van der Waals surface area contributed by atoms with E-state index < -0.39 is 5.97 Å². The summed E-state index contributed by atoms with van der Waals surface area (Å²) in [4.78, 5) is 25.0. The molecule has 2 aromatic carbocycles. The van der Waals surface area contributed by atoms with Crippen LogP contribution in [0.3, 0.4) is 0 Å². The minimum absolute atomic E-state index is 0.00396. The lowest BCUT2D eigenvalue weighted by atomic mass is 10.1. The van der Waals surface area contributed by atoms with Gasteiger partial charge >= 0.3 is 5.97 Å². The fraction of sp³-hybridized carbons (Fsp3) is 0.222. The summed E-state index contributed by atoms with van der Waals surface area (Å²) in [5.74, 6) is -0.891. The van der Waals surface area contributed by atoms with Gasteiger partial charge in [0.05, 0.1) is 13.0 Å². The lowest BCUT2D eigenvalue weighted by Gasteiger charge is -2.24. The van der Waals surface area contributed by atoms with Crippen LogP contribution in [0.5, 0.6) is 0 Å². The number of rotatable bonds is 7. The number of carboxylic acid groups (broad SMARTS) is 1. The van der Waals surface area contributed by atoms with E-state index in [2.05, 4.69) is 0 Å². The van der Waals surface area contributed by atoms with E-state index in [9.17, 15) is 9.59 Å². The van der Waals surface area contributed by atoms with Gasteiger partial charge in [0, 0.05) is 17.8 Å². The molecule has 0 bridgehead atoms. The van der Waals surface area contributed by atoms with E-state index in [1.54, 1.807) is 12.1 Å². The summed E-state index contributed by atoms with van der Waals surface area (Å²) in [6.07, 6.45) is -0.00396. The van der Waals surface area contributed by atoms with Gasteiger partial charge in [0.25, 0.3) is 0 Å². The first-order chi connectivity index (χ1) is 10.6. The van der Waals surface area contributed by atoms with Gasteiger partial charge in [0.15, 0.2) is 5.78 Å². The largest absolute Gasteiger partial charge is 0.481 e. The first-order valence-corrected chi connectivity index (χ1v) is 7.18. The topological polar surface area (TPSA) is 57.6 Å². The van der Waals surface area contributed by atoms with Crippen LogP contribution in [0.4, 0.5) is 5.69 Å². The summed E-state index contributed by atoms with van der Waals surface area (Å²) >= 11 is 0. The van der Waals surface area contributed by atoms with Gasteiger partial charge in [-0.25, -0.2) is 0 Å². The molecule has 0 amide bonds. The third kappa shape index (κ3) is 4.45. The Bertz CT molecular complexity index is 652. The lowest BCUT2D eigenvalue weighted by molar-refractivity contribution is -0.136. The van der Waals surface area contributed by atoms with Crippen molar-refractivity contribution in [1.82, 2.24) is 0 Å². The SMILES string of the molecule is Cc1cccc(N(CCC(=O)O)CC(=O)c2ccccc2)c1. The van der Waals surface area contributed by atoms with E-state index in [4.69, 9.17) is 5.11 Å². The quantitative estimate of drug-likeness (QED) is 0.798. The van der Waals surface area contributed by atoms with E-state index in [0.29, 0.717) is 12.1 Å². The molecule has 0 heterocycles. The van der Waals surface area contributed by atoms with Crippen LogP contribution < -0.4 is 4.90 Å². The molecule has 0 radical (unpaired) electrons. The summed E-state index contributed by atoms with van der Waals surface area (Å²) in [6.45, 7) is 2.44. The number of carbonyl (C=O) groups is 2. The normalized spacial score (nSPS) is 10.2. The van der Waals surface area contributed by atoms with Crippen molar-refractivity contribution in [2.24, 2.45) is 0 Å². The molecule has 0 saturated heterocycles. The first kappa shape index (κ1) is 15.8. The van der Waals surface area contributed by atoms with Crippen LogP contribution >= 0.6 is 0 Å². The Labute approximate surface area is 130 Å². The summed E-state index contributed by atoms with van der Waals surface area (Å²) in [5, 5.41) is 8.90. The Morgan fingerprint density at radius 1 is 1.05 bits per heavy atom. The number of carboxylic acids is 1. The maximum absolute atomic E-state index is 12.4. The Morgan fingerprint density at radius 2 is 1.77 bits per heavy atom. The smallest absolute Gasteiger partial charge is 0.305 e. The minimum Gasteiger partial charge on any atom is -0.481 e. The lowest BCUT2D eigenvalue weighted by Crippen LogP contribution is -2.32. The highest BCUT2D eigenvalue weighted by molar-refractivity contribution is 5.99. The second-order valence-corrected chi connectivity index (χ2v) is 5.19. The zero-order valence-corrected chi connectivity index (χ0v) is 12.5. The molecule has 0 atom stereocenters. The molecule has 0 aliphatic rings. The van der Waals surface area contributed by atoms with E-state index in [0.717, 1.165) is 11.3 Å². The highest BCUT2D eigenvalue weighted by Crippen LogP contribution is 2.17. The van der Waals surface area contributed by atoms with Gasteiger partial charge in [-0.15, -0.1) is 0 Å². The van der Waals surface area contributed by atoms with Crippen molar-refractivity contribution in [2.75, 3.05) is 18.0 Å². The zero-order valence-electron chi connectivity index (χ0n) is 12.5. The summed E-state index contributed by atoms with van der Waals surface area (Å²) in [7, 11) is 0. The van der Waals surface area contributed by atoms with E-state index in [1.807, 2.05) is 54.3 Å². The van der Waals surface area contributed by atoms with Gasteiger partial charge in [-0.05, 0) is 24.6 Å². The highest BCUT2D eigenvalue weighted by Gasteiger charge is 2.14. The van der Waals surface area contributed by atoms with E-state index in [1.165, 1.54) is 0 Å². The highest BCUT2D eigenvalue weighted by atomic mass is 16.4. The molecule has 0 saturated carbocycles. The molecule has 4 nitrogen and oxygen atoms in total. The van der Waals surface area contributed by atoms with Gasteiger partial charge in [-0.1, -0.05) is 42.5 Å². The summed E-state index contributed by atoms with van der Waals surface area (Å²) < 4.78 is 0. The van der Waals surface area contributed by atoms with Gasteiger partial charge in [-0.2, -0.15) is 0 Å². The number of benzene rings is 2. The second kappa shape index (κ2) is 7.41. The number of Topliss-reactive ketones (excluding diaryl/α,β-unsaturated/α-hetero) is 1. The average molecular weight is 297 g/mol. The van der Waals surface area contributed by atoms with Crippen molar-refractivity contribution in [1.29, 1.82) is 0 Å². The zero-order chi connectivity index (χ0) is 15.9. The van der Waals surface area contributed by atoms with E-state index in [-0.39, 0.29) is 18.7 Å². The van der Waals surface area contributed by atoms with Crippen molar-refractivity contribution >= 4 is 17.4 Å². The van der Waals surface area contributed by atoms with Crippen molar-refractivity contribution in [3.8, 4) is 0 Å². The van der Waals surface area contributed by atoms with Crippen molar-refractivity contribution < 1.29 is 14.7 Å². The molecule has 2 aromatic rings. The molecular formula is C18H19NO3. The summed E-state index contributed by atoms with van der Waals surface area (Å²) in [5.41, 5.74) is 2.57. The standard InChI is InChI=1S/C18H19NO3/c1-14-6-5-9-16(12-14)19(11-10-18(21)22)13-17(20)15-7-3-2-4-8-15/h2-9,12H,10-11,13H2,1H3,(H,21,22). The number of carbonyl (C=O) groups excluding carboxylic acids is 1. The molecule has 2 rings (SSSR count). The van der Waals surface area contributed by atoms with Crippen LogP contribution in [0.15, 0.2) is 54.6 Å². The van der Waals surface area contributed by atoms with Crippen LogP contribution in [-0.4, -0.2) is 29.9 Å². The first-order valence-electron chi connectivity index (χ1n) is 7.18. The molecule has 114 valence electrons. The molecule has 0 aromatic heterocycles. The van der Waals surface area contributed by atoms with Crippen LogP contribution in [-0.2, 0) is 4.79 Å². The number of aliphatic carboxylic acids is 1. The van der Waals surface area contributed by atoms with Crippen LogP contribution in [0.2, 0.25) is 0 Å². The van der Waals surface area contributed by atoms with Gasteiger partial charge < -0.3 is 10.0 Å². The minimum atomic E-state index is -0.871. The molecule has 0 spiro atoms. The van der Waals surface area contributed by atoms with Crippen molar-refractivity contribution in [3.05, 3.63) is 65.7 Å². The maximum atomic E-state index is 12.4. The second-order valence-electron chi connectivity index (χ2n) is 5.19. The average Bonchev–Trinajstić information content (AvgIpc) is 2.52. The van der Waals surface area contributed by atoms with E-state index >= 15 is 0 Å². The monoisotopic (exact) mass is 297 g/mol. The van der Waals surface area contributed by atoms with Crippen molar-refractivity contribution in [3.63, 3.8) is 0 Å². The van der Waals surface area contributed by atoms with Gasteiger partial charge in [-0.3, -0.25) is 9.59 Å². The van der Waals surface area contributed by atoms with Crippen LogP contribution in [0.25, 0.3) is 0 Å². The molecular weight excluding hydrogens is 278 g/mol. The Balaban J connectivity index is 2.17. The number of aryl methyl sites for hydroxylation is 1. The molecule has 0 aliphatic carbocycles. The third-order valence-corrected chi connectivity index (χ3v) is 3.39. The molecule has 0 unspecified atom stereocenters. The Kier molecular flexibility index (Phi) is 5.31. The van der Waals surface area contributed by atoms with Crippen LogP contribution in [0, 0.1) is 6.92 Å². The Hall–Kier alpha value is -2.62. The van der Waals surface area contributed by atoms with Crippen molar-refractivity contribution in [2.45, 2.75) is 13.3 Å². The molecule has 0 fully saturated rings. The number of nitrogens with zero attached hydrogens (tertiary/aromatic N) is 1. The molecule has 1 N–H and O–H groups in total. The third-order valence-electron chi connectivity index (χ3n) is 3.39. The molecule has 4 heteroatoms. The number of hydrogen-bond donors (Lipinski definition) is 1. The predicted molar refractivity (Wildman–Crippen MR) is 86.4 cm³/mol. The number of hydrogen-bond acceptors (Lipinski definition) is 3. The fourth-order valence-corrected chi connectivity index (χ4v) is 2.24. The van der Waals surface area contributed by atoms with Gasteiger partial charge in [0.2, 0.25) is 0 Å². The summed E-state index contributed by atoms with van der Waals surface area (Å²) in [6, 6.07) is 16.8. The Morgan fingerprint density at radius 3 is 2.41 bits per heavy atom. The molecule has 0 aliphatic heterocycles. The number of anilines is 1. The molecule has 22 heavy (non-hydrogen) atoms. The number of ketones is 1. The van der Waals surface area contributed by atoms with Crippen LogP contribution in [0.1, 0.15) is 22.3 Å². The maximum Gasteiger partial charge on any atom is 0.305 e. The fourth-order valence-electron chi connectivity index (χ4n) is 2.24.